The molecule has 0 atom stereocenters. The van der Waals surface area contributed by atoms with Gasteiger partial charge in [0.25, 0.3) is 0 Å². The Labute approximate surface area is 107 Å². The van der Waals surface area contributed by atoms with Gasteiger partial charge in [0.2, 0.25) is 0 Å². The van der Waals surface area contributed by atoms with Crippen molar-refractivity contribution in [1.29, 1.82) is 0 Å². The summed E-state index contributed by atoms with van der Waals surface area (Å²) in [6.45, 7) is 0. The van der Waals surface area contributed by atoms with Crippen LogP contribution in [0.25, 0.3) is 10.9 Å². The summed E-state index contributed by atoms with van der Waals surface area (Å²) in [7, 11) is 0. The van der Waals surface area contributed by atoms with E-state index in [9.17, 15) is 5.11 Å². The lowest BCUT2D eigenvalue weighted by Crippen LogP contribution is -2.37. The Morgan fingerprint density at radius 1 is 1.17 bits per heavy atom. The average molecular weight is 242 g/mol. The predicted octanol–water partition coefficient (Wildman–Crippen LogP) is 2.32. The minimum absolute atomic E-state index is 0.230. The zero-order valence-corrected chi connectivity index (χ0v) is 10.3. The first-order valence-corrected chi connectivity index (χ1v) is 6.51. The second kappa shape index (κ2) is 4.34. The van der Waals surface area contributed by atoms with Gasteiger partial charge in [0, 0.05) is 23.2 Å². The van der Waals surface area contributed by atoms with Crippen LogP contribution in [0.1, 0.15) is 31.2 Å². The molecule has 0 radical (unpaired) electrons. The molecule has 0 spiro atoms. The van der Waals surface area contributed by atoms with E-state index in [0.29, 0.717) is 0 Å². The molecule has 3 N–H and O–H groups in total. The first kappa shape index (κ1) is 11.6. The highest BCUT2D eigenvalue weighted by Crippen LogP contribution is 2.39. The van der Waals surface area contributed by atoms with Gasteiger partial charge >= 0.3 is 0 Å². The van der Waals surface area contributed by atoms with Crippen molar-refractivity contribution in [2.24, 2.45) is 5.73 Å². The van der Waals surface area contributed by atoms with Crippen molar-refractivity contribution in [2.45, 2.75) is 37.3 Å². The molecule has 18 heavy (non-hydrogen) atoms. The van der Waals surface area contributed by atoms with E-state index in [1.807, 2.05) is 30.3 Å². The van der Waals surface area contributed by atoms with Gasteiger partial charge in [-0.05, 0) is 31.7 Å². The Balaban J connectivity index is 2.08. The molecule has 0 saturated heterocycles. The fraction of sp³-hybridized carbons (Fsp3) is 0.400. The summed E-state index contributed by atoms with van der Waals surface area (Å²) in [5, 5.41) is 11.9. The maximum atomic E-state index is 10.9. The van der Waals surface area contributed by atoms with Gasteiger partial charge in [-0.25, -0.2) is 0 Å². The van der Waals surface area contributed by atoms with Crippen LogP contribution in [0, 0.1) is 0 Å². The molecule has 0 unspecified atom stereocenters. The Morgan fingerprint density at radius 2 is 1.89 bits per heavy atom. The molecule has 1 aromatic heterocycles. The molecule has 1 aliphatic rings. The molecular formula is C15H18N2O. The fourth-order valence-corrected chi connectivity index (χ4v) is 2.87. The van der Waals surface area contributed by atoms with Crippen molar-refractivity contribution in [1.82, 2.24) is 4.98 Å². The number of rotatable bonds is 1. The third kappa shape index (κ3) is 1.89. The van der Waals surface area contributed by atoms with E-state index in [2.05, 4.69) is 4.98 Å². The predicted molar refractivity (Wildman–Crippen MR) is 72.1 cm³/mol. The van der Waals surface area contributed by atoms with E-state index in [1.165, 1.54) is 0 Å². The number of benzene rings is 1. The number of para-hydroxylation sites is 1. The molecule has 94 valence electrons. The number of hydrogen-bond acceptors (Lipinski definition) is 3. The normalized spacial score (nSPS) is 28.4. The number of aromatic nitrogens is 1. The van der Waals surface area contributed by atoms with Gasteiger partial charge in [0.05, 0.1) is 11.1 Å². The summed E-state index contributed by atoms with van der Waals surface area (Å²) in [6.07, 6.45) is 4.98. The monoisotopic (exact) mass is 242 g/mol. The smallest absolute Gasteiger partial charge is 0.0918 e. The first-order chi connectivity index (χ1) is 8.69. The topological polar surface area (TPSA) is 59.1 Å². The highest BCUT2D eigenvalue weighted by molar-refractivity contribution is 5.82. The molecule has 3 nitrogen and oxygen atoms in total. The van der Waals surface area contributed by atoms with Crippen molar-refractivity contribution in [2.75, 3.05) is 0 Å². The van der Waals surface area contributed by atoms with Gasteiger partial charge in [-0.1, -0.05) is 24.3 Å². The van der Waals surface area contributed by atoms with Gasteiger partial charge in [-0.3, -0.25) is 4.98 Å². The van der Waals surface area contributed by atoms with Crippen LogP contribution in [0.15, 0.2) is 36.5 Å². The third-order valence-electron chi connectivity index (χ3n) is 3.99. The Hall–Kier alpha value is -1.45. The third-order valence-corrected chi connectivity index (χ3v) is 3.99. The van der Waals surface area contributed by atoms with E-state index in [-0.39, 0.29) is 6.04 Å². The lowest BCUT2D eigenvalue weighted by atomic mass is 9.77. The van der Waals surface area contributed by atoms with Gasteiger partial charge in [-0.2, -0.15) is 0 Å². The second-order valence-corrected chi connectivity index (χ2v) is 5.25. The molecule has 0 amide bonds. The van der Waals surface area contributed by atoms with Crippen LogP contribution in [-0.2, 0) is 5.60 Å². The summed E-state index contributed by atoms with van der Waals surface area (Å²) >= 11 is 0. The van der Waals surface area contributed by atoms with Crippen LogP contribution in [0.4, 0.5) is 0 Å². The number of hydrogen-bond donors (Lipinski definition) is 2. The highest BCUT2D eigenvalue weighted by atomic mass is 16.3. The SMILES string of the molecule is NC1CCC(O)(c2cccc3cccnc23)CC1. The van der Waals surface area contributed by atoms with Crippen LogP contribution < -0.4 is 5.73 Å². The lowest BCUT2D eigenvalue weighted by Gasteiger charge is -2.35. The van der Waals surface area contributed by atoms with E-state index >= 15 is 0 Å². The van der Waals surface area contributed by atoms with E-state index < -0.39 is 5.60 Å². The Bertz CT molecular complexity index is 554. The number of nitrogens with two attached hydrogens (primary N) is 1. The molecule has 3 rings (SSSR count). The van der Waals surface area contributed by atoms with E-state index in [1.54, 1.807) is 6.20 Å². The minimum Gasteiger partial charge on any atom is -0.385 e. The van der Waals surface area contributed by atoms with Crippen LogP contribution in [0.2, 0.25) is 0 Å². The van der Waals surface area contributed by atoms with Crippen LogP contribution in [0.5, 0.6) is 0 Å². The maximum absolute atomic E-state index is 10.9. The highest BCUT2D eigenvalue weighted by Gasteiger charge is 2.35. The van der Waals surface area contributed by atoms with Crippen LogP contribution >= 0.6 is 0 Å². The van der Waals surface area contributed by atoms with E-state index in [0.717, 1.165) is 42.1 Å². The molecular weight excluding hydrogens is 224 g/mol. The number of aliphatic hydroxyl groups is 1. The summed E-state index contributed by atoms with van der Waals surface area (Å²) < 4.78 is 0. The zero-order valence-electron chi connectivity index (χ0n) is 10.3. The van der Waals surface area contributed by atoms with Gasteiger partial charge < -0.3 is 10.8 Å². The summed E-state index contributed by atoms with van der Waals surface area (Å²) in [5.41, 5.74) is 7.03. The van der Waals surface area contributed by atoms with Crippen LogP contribution in [0.3, 0.4) is 0 Å². The molecule has 0 aliphatic heterocycles. The quantitative estimate of drug-likeness (QED) is 0.806. The minimum atomic E-state index is -0.760. The molecule has 1 saturated carbocycles. The van der Waals surface area contributed by atoms with Crippen molar-refractivity contribution in [3.63, 3.8) is 0 Å². The lowest BCUT2D eigenvalue weighted by molar-refractivity contribution is -0.00376. The molecule has 3 heteroatoms. The summed E-state index contributed by atoms with van der Waals surface area (Å²) in [5.74, 6) is 0. The molecule has 1 fully saturated rings. The Morgan fingerprint density at radius 3 is 2.67 bits per heavy atom. The van der Waals surface area contributed by atoms with Crippen molar-refractivity contribution >= 4 is 10.9 Å². The molecule has 1 aromatic carbocycles. The van der Waals surface area contributed by atoms with Crippen molar-refractivity contribution < 1.29 is 5.11 Å². The van der Waals surface area contributed by atoms with E-state index in [4.69, 9.17) is 5.73 Å². The molecule has 1 aliphatic carbocycles. The van der Waals surface area contributed by atoms with Crippen LogP contribution in [-0.4, -0.2) is 16.1 Å². The fourth-order valence-electron chi connectivity index (χ4n) is 2.87. The number of fused-ring (bicyclic) bond motifs is 1. The van der Waals surface area contributed by atoms with Gasteiger partial charge in [-0.15, -0.1) is 0 Å². The Kier molecular flexibility index (Phi) is 2.80. The van der Waals surface area contributed by atoms with Crippen molar-refractivity contribution in [3.05, 3.63) is 42.1 Å². The zero-order chi connectivity index (χ0) is 12.6. The van der Waals surface area contributed by atoms with Gasteiger partial charge in [0.15, 0.2) is 0 Å². The number of nitrogens with zero attached hydrogens (tertiary/aromatic N) is 1. The average Bonchev–Trinajstić information content (AvgIpc) is 2.42. The number of pyridine rings is 1. The standard InChI is InChI=1S/C15H18N2O/c16-12-6-8-15(18,9-7-12)13-5-1-3-11-4-2-10-17-14(11)13/h1-5,10,12,18H,6-9,16H2. The largest absolute Gasteiger partial charge is 0.385 e. The first-order valence-electron chi connectivity index (χ1n) is 6.51. The molecule has 2 aromatic rings. The molecule has 0 bridgehead atoms. The molecule has 1 heterocycles. The second-order valence-electron chi connectivity index (χ2n) is 5.25. The summed E-state index contributed by atoms with van der Waals surface area (Å²) in [6, 6.07) is 10.2. The van der Waals surface area contributed by atoms with Crippen molar-refractivity contribution in [3.8, 4) is 0 Å². The summed E-state index contributed by atoms with van der Waals surface area (Å²) in [4.78, 5) is 4.43. The maximum Gasteiger partial charge on any atom is 0.0918 e. The van der Waals surface area contributed by atoms with Gasteiger partial charge in [0.1, 0.15) is 0 Å².